The van der Waals surface area contributed by atoms with E-state index < -0.39 is 0 Å². The molecule has 2 aliphatic rings. The van der Waals surface area contributed by atoms with E-state index in [4.69, 9.17) is 0 Å². The fourth-order valence-corrected chi connectivity index (χ4v) is 2.40. The predicted molar refractivity (Wildman–Crippen MR) is 70.1 cm³/mol. The minimum Gasteiger partial charge on any atom is -0.393 e. The number of aliphatic imine (C=N–C) groups is 1. The van der Waals surface area contributed by atoms with Gasteiger partial charge in [0.05, 0.1) is 6.10 Å². The van der Waals surface area contributed by atoms with Crippen LogP contribution in [0.2, 0.25) is 0 Å². The second kappa shape index (κ2) is 5.71. The molecule has 0 bridgehead atoms. The molecule has 0 heterocycles. The number of aliphatic hydroxyl groups excluding tert-OH is 1. The number of nitrogens with zero attached hydrogens (tertiary/aromatic N) is 1. The SMILES string of the molecule is CCN=C(NC1CCC(O)CC1)NC1CC1C. The molecule has 0 aliphatic heterocycles. The van der Waals surface area contributed by atoms with E-state index in [1.165, 1.54) is 6.42 Å². The van der Waals surface area contributed by atoms with Gasteiger partial charge in [0.25, 0.3) is 0 Å². The largest absolute Gasteiger partial charge is 0.393 e. The summed E-state index contributed by atoms with van der Waals surface area (Å²) in [6.45, 7) is 5.13. The van der Waals surface area contributed by atoms with Crippen molar-refractivity contribution in [3.05, 3.63) is 0 Å². The smallest absolute Gasteiger partial charge is 0.191 e. The Morgan fingerprint density at radius 3 is 2.41 bits per heavy atom. The predicted octanol–water partition coefficient (Wildman–Crippen LogP) is 1.25. The van der Waals surface area contributed by atoms with Crippen molar-refractivity contribution in [1.29, 1.82) is 0 Å². The first kappa shape index (κ1) is 12.7. The standard InChI is InChI=1S/C13H25N3O/c1-3-14-13(16-12-8-9(12)2)15-10-4-6-11(17)7-5-10/h9-12,17H,3-8H2,1-2H3,(H2,14,15,16). The highest BCUT2D eigenvalue weighted by molar-refractivity contribution is 5.80. The van der Waals surface area contributed by atoms with Gasteiger partial charge in [-0.3, -0.25) is 4.99 Å². The first-order valence-electron chi connectivity index (χ1n) is 6.94. The van der Waals surface area contributed by atoms with Crippen LogP contribution in [0.1, 0.15) is 46.0 Å². The fraction of sp³-hybridized carbons (Fsp3) is 0.923. The summed E-state index contributed by atoms with van der Waals surface area (Å²) in [5.74, 6) is 1.75. The lowest BCUT2D eigenvalue weighted by molar-refractivity contribution is 0.120. The molecule has 2 saturated carbocycles. The van der Waals surface area contributed by atoms with Crippen molar-refractivity contribution < 1.29 is 5.11 Å². The monoisotopic (exact) mass is 239 g/mol. The van der Waals surface area contributed by atoms with Crippen molar-refractivity contribution >= 4 is 5.96 Å². The number of guanidine groups is 1. The maximum absolute atomic E-state index is 9.48. The van der Waals surface area contributed by atoms with Crippen molar-refractivity contribution in [2.45, 2.75) is 64.1 Å². The molecule has 2 rings (SSSR count). The second-order valence-corrected chi connectivity index (χ2v) is 5.44. The molecule has 4 nitrogen and oxygen atoms in total. The summed E-state index contributed by atoms with van der Waals surface area (Å²) >= 11 is 0. The van der Waals surface area contributed by atoms with Crippen LogP contribution in [0.4, 0.5) is 0 Å². The van der Waals surface area contributed by atoms with Gasteiger partial charge >= 0.3 is 0 Å². The number of rotatable bonds is 3. The van der Waals surface area contributed by atoms with E-state index >= 15 is 0 Å². The van der Waals surface area contributed by atoms with Crippen LogP contribution in [0, 0.1) is 5.92 Å². The highest BCUT2D eigenvalue weighted by Gasteiger charge is 2.33. The third-order valence-corrected chi connectivity index (χ3v) is 3.79. The summed E-state index contributed by atoms with van der Waals surface area (Å²) in [6.07, 6.45) is 5.09. The summed E-state index contributed by atoms with van der Waals surface area (Å²) in [7, 11) is 0. The molecule has 0 aromatic heterocycles. The first-order chi connectivity index (χ1) is 8.19. The highest BCUT2D eigenvalue weighted by Crippen LogP contribution is 2.28. The topological polar surface area (TPSA) is 56.7 Å². The normalized spacial score (nSPS) is 37.7. The van der Waals surface area contributed by atoms with E-state index in [0.29, 0.717) is 12.1 Å². The molecule has 4 heteroatoms. The van der Waals surface area contributed by atoms with Gasteiger partial charge in [0, 0.05) is 18.6 Å². The third-order valence-electron chi connectivity index (χ3n) is 3.79. The maximum Gasteiger partial charge on any atom is 0.191 e. The van der Waals surface area contributed by atoms with E-state index in [1.807, 2.05) is 0 Å². The molecule has 0 amide bonds. The van der Waals surface area contributed by atoms with Crippen LogP contribution in [0.3, 0.4) is 0 Å². The lowest BCUT2D eigenvalue weighted by Crippen LogP contribution is -2.46. The van der Waals surface area contributed by atoms with Crippen molar-refractivity contribution in [3.63, 3.8) is 0 Å². The molecule has 0 radical (unpaired) electrons. The molecule has 2 unspecified atom stereocenters. The Balaban J connectivity index is 1.78. The minimum atomic E-state index is -0.0870. The molecule has 0 spiro atoms. The molecule has 0 saturated heterocycles. The Labute approximate surface area is 104 Å². The molecule has 98 valence electrons. The zero-order valence-electron chi connectivity index (χ0n) is 10.9. The first-order valence-corrected chi connectivity index (χ1v) is 6.94. The van der Waals surface area contributed by atoms with Crippen LogP contribution in [0.5, 0.6) is 0 Å². The van der Waals surface area contributed by atoms with Gasteiger partial charge in [0.1, 0.15) is 0 Å². The molecule has 2 fully saturated rings. The number of nitrogens with one attached hydrogen (secondary N) is 2. The average Bonchev–Trinajstić information content (AvgIpc) is 2.98. The molecule has 17 heavy (non-hydrogen) atoms. The average molecular weight is 239 g/mol. The van der Waals surface area contributed by atoms with E-state index in [-0.39, 0.29) is 6.10 Å². The van der Waals surface area contributed by atoms with Gasteiger partial charge in [-0.05, 0) is 44.9 Å². The Kier molecular flexibility index (Phi) is 4.26. The maximum atomic E-state index is 9.48. The lowest BCUT2D eigenvalue weighted by Gasteiger charge is -2.27. The van der Waals surface area contributed by atoms with E-state index in [2.05, 4.69) is 29.5 Å². The van der Waals surface area contributed by atoms with Gasteiger partial charge in [-0.2, -0.15) is 0 Å². The number of hydrogen-bond acceptors (Lipinski definition) is 2. The van der Waals surface area contributed by atoms with Crippen LogP contribution in [0.25, 0.3) is 0 Å². The third kappa shape index (κ3) is 3.87. The van der Waals surface area contributed by atoms with Gasteiger partial charge in [-0.15, -0.1) is 0 Å². The van der Waals surface area contributed by atoms with Gasteiger partial charge in [0.2, 0.25) is 0 Å². The second-order valence-electron chi connectivity index (χ2n) is 5.44. The Bertz CT molecular complexity index is 272. The number of aliphatic hydroxyl groups is 1. The van der Waals surface area contributed by atoms with Crippen molar-refractivity contribution in [3.8, 4) is 0 Å². The zero-order valence-corrected chi connectivity index (χ0v) is 10.9. The summed E-state index contributed by atoms with van der Waals surface area (Å²) in [6, 6.07) is 1.09. The van der Waals surface area contributed by atoms with Crippen LogP contribution in [0.15, 0.2) is 4.99 Å². The zero-order chi connectivity index (χ0) is 12.3. The Hall–Kier alpha value is -0.770. The van der Waals surface area contributed by atoms with Crippen LogP contribution in [-0.4, -0.2) is 35.8 Å². The fourth-order valence-electron chi connectivity index (χ4n) is 2.40. The van der Waals surface area contributed by atoms with Gasteiger partial charge in [0.15, 0.2) is 5.96 Å². The van der Waals surface area contributed by atoms with Crippen molar-refractivity contribution in [2.24, 2.45) is 10.9 Å². The van der Waals surface area contributed by atoms with E-state index in [0.717, 1.165) is 44.1 Å². The van der Waals surface area contributed by atoms with Gasteiger partial charge in [-0.1, -0.05) is 6.92 Å². The summed E-state index contributed by atoms with van der Waals surface area (Å²) in [5.41, 5.74) is 0. The summed E-state index contributed by atoms with van der Waals surface area (Å²) in [5, 5.41) is 16.5. The molecule has 3 N–H and O–H groups in total. The van der Waals surface area contributed by atoms with Crippen LogP contribution < -0.4 is 10.6 Å². The Morgan fingerprint density at radius 2 is 1.88 bits per heavy atom. The minimum absolute atomic E-state index is 0.0870. The van der Waals surface area contributed by atoms with Gasteiger partial charge in [-0.25, -0.2) is 0 Å². The molecular weight excluding hydrogens is 214 g/mol. The van der Waals surface area contributed by atoms with E-state index in [9.17, 15) is 5.11 Å². The lowest BCUT2D eigenvalue weighted by atomic mass is 9.93. The van der Waals surface area contributed by atoms with Crippen LogP contribution in [-0.2, 0) is 0 Å². The molecule has 2 atom stereocenters. The molecular formula is C13H25N3O. The summed E-state index contributed by atoms with van der Waals surface area (Å²) < 4.78 is 0. The van der Waals surface area contributed by atoms with Crippen molar-refractivity contribution in [2.75, 3.05) is 6.54 Å². The Morgan fingerprint density at radius 1 is 1.24 bits per heavy atom. The molecule has 0 aromatic carbocycles. The highest BCUT2D eigenvalue weighted by atomic mass is 16.3. The molecule has 0 aromatic rings. The molecule has 2 aliphatic carbocycles. The quantitative estimate of drug-likeness (QED) is 0.513. The van der Waals surface area contributed by atoms with E-state index in [1.54, 1.807) is 0 Å². The van der Waals surface area contributed by atoms with Gasteiger partial charge < -0.3 is 15.7 Å². The van der Waals surface area contributed by atoms with Crippen LogP contribution >= 0.6 is 0 Å². The van der Waals surface area contributed by atoms with Crippen molar-refractivity contribution in [1.82, 2.24) is 10.6 Å². The number of hydrogen-bond donors (Lipinski definition) is 3. The summed E-state index contributed by atoms with van der Waals surface area (Å²) in [4.78, 5) is 4.48.